The lowest BCUT2D eigenvalue weighted by atomic mass is 10.1. The van der Waals surface area contributed by atoms with Crippen LogP contribution in [-0.2, 0) is 14.3 Å². The molecule has 5 nitrogen and oxygen atoms in total. The number of likely N-dealkylation sites (N-methyl/N-ethyl adjacent to an activating group) is 1. The Balaban J connectivity index is 2.35. The van der Waals surface area contributed by atoms with Crippen LogP contribution in [0.5, 0.6) is 0 Å². The van der Waals surface area contributed by atoms with Crippen LogP contribution < -0.4 is 4.90 Å². The van der Waals surface area contributed by atoms with Crippen molar-refractivity contribution in [3.8, 4) is 0 Å². The molecule has 0 bridgehead atoms. The van der Waals surface area contributed by atoms with Gasteiger partial charge in [-0.2, -0.15) is 0 Å². The highest BCUT2D eigenvalue weighted by molar-refractivity contribution is 9.10. The molecule has 0 aliphatic heterocycles. The van der Waals surface area contributed by atoms with Gasteiger partial charge in [0, 0.05) is 40.4 Å². The monoisotopic (exact) mass is 336 g/mol. The number of esters is 1. The van der Waals surface area contributed by atoms with Gasteiger partial charge < -0.3 is 9.64 Å². The van der Waals surface area contributed by atoms with Crippen molar-refractivity contribution in [2.45, 2.75) is 6.92 Å². The summed E-state index contributed by atoms with van der Waals surface area (Å²) in [4.78, 5) is 28.7. The third-order valence-electron chi connectivity index (χ3n) is 2.84. The number of rotatable bonds is 2. The highest BCUT2D eigenvalue weighted by Crippen LogP contribution is 2.27. The molecule has 0 unspecified atom stereocenters. The van der Waals surface area contributed by atoms with Crippen LogP contribution in [0.4, 0.5) is 5.69 Å². The zero-order valence-corrected chi connectivity index (χ0v) is 12.7. The van der Waals surface area contributed by atoms with E-state index in [-0.39, 0.29) is 6.61 Å². The average Bonchev–Trinajstić information content (AvgIpc) is 2.46. The quantitative estimate of drug-likeness (QED) is 0.624. The number of benzene rings is 1. The predicted molar refractivity (Wildman–Crippen MR) is 79.5 cm³/mol. The molecular weight excluding hydrogens is 324 g/mol. The Morgan fingerprint density at radius 3 is 2.80 bits per heavy atom. The molecule has 2 aromatic rings. The van der Waals surface area contributed by atoms with Gasteiger partial charge >= 0.3 is 11.9 Å². The molecule has 0 aliphatic carbocycles. The minimum atomic E-state index is -0.858. The number of fused-ring (bicyclic) bond motifs is 1. The van der Waals surface area contributed by atoms with Crippen LogP contribution in [0, 0.1) is 0 Å². The van der Waals surface area contributed by atoms with Crippen LogP contribution >= 0.6 is 15.9 Å². The minimum absolute atomic E-state index is 0.174. The number of hydrogen-bond donors (Lipinski definition) is 0. The second kappa shape index (κ2) is 6.00. The fourth-order valence-electron chi connectivity index (χ4n) is 1.77. The highest BCUT2D eigenvalue weighted by atomic mass is 79.9. The van der Waals surface area contributed by atoms with Gasteiger partial charge in [-0.1, -0.05) is 6.07 Å². The number of pyridine rings is 1. The summed E-state index contributed by atoms with van der Waals surface area (Å²) in [6.07, 6.45) is 3.41. The summed E-state index contributed by atoms with van der Waals surface area (Å²) in [5.74, 6) is -1.56. The van der Waals surface area contributed by atoms with E-state index in [1.165, 1.54) is 11.9 Å². The van der Waals surface area contributed by atoms with Crippen LogP contribution in [0.2, 0.25) is 0 Å². The number of carbonyl (C=O) groups is 2. The molecule has 1 aromatic carbocycles. The van der Waals surface area contributed by atoms with E-state index in [4.69, 9.17) is 4.74 Å². The molecule has 1 amide bonds. The molecule has 1 heterocycles. The van der Waals surface area contributed by atoms with Gasteiger partial charge in [-0.25, -0.2) is 4.79 Å². The molecular formula is C14H13BrN2O3. The predicted octanol–water partition coefficient (Wildman–Crippen LogP) is 2.52. The average molecular weight is 337 g/mol. The summed E-state index contributed by atoms with van der Waals surface area (Å²) in [5, 5.41) is 1.86. The Morgan fingerprint density at radius 2 is 2.10 bits per heavy atom. The standard InChI is InChI=1S/C14H13BrN2O3/c1-3-20-14(19)13(18)17(2)10-5-4-9-7-16-8-12(15)11(9)6-10/h4-8H,3H2,1-2H3. The van der Waals surface area contributed by atoms with Crippen molar-refractivity contribution in [2.24, 2.45) is 0 Å². The summed E-state index contributed by atoms with van der Waals surface area (Å²) in [5.41, 5.74) is 0.613. The number of amides is 1. The molecule has 2 rings (SSSR count). The van der Waals surface area contributed by atoms with Crippen molar-refractivity contribution < 1.29 is 14.3 Å². The van der Waals surface area contributed by atoms with E-state index < -0.39 is 11.9 Å². The van der Waals surface area contributed by atoms with E-state index in [1.807, 2.05) is 12.1 Å². The van der Waals surface area contributed by atoms with Gasteiger partial charge in [-0.15, -0.1) is 0 Å². The number of carbonyl (C=O) groups excluding carboxylic acids is 2. The van der Waals surface area contributed by atoms with Crippen LogP contribution in [0.15, 0.2) is 35.1 Å². The van der Waals surface area contributed by atoms with E-state index >= 15 is 0 Å². The second-order valence-corrected chi connectivity index (χ2v) is 4.97. The number of ether oxygens (including phenoxy) is 1. The Labute approximate surface area is 124 Å². The topological polar surface area (TPSA) is 59.5 Å². The Morgan fingerprint density at radius 1 is 1.35 bits per heavy atom. The summed E-state index contributed by atoms with van der Waals surface area (Å²) in [7, 11) is 1.54. The Hall–Kier alpha value is -1.95. The van der Waals surface area contributed by atoms with E-state index in [0.29, 0.717) is 5.69 Å². The number of hydrogen-bond acceptors (Lipinski definition) is 4. The molecule has 104 valence electrons. The molecule has 20 heavy (non-hydrogen) atoms. The Kier molecular flexibility index (Phi) is 4.34. The minimum Gasteiger partial charge on any atom is -0.459 e. The first kappa shape index (κ1) is 14.5. The van der Waals surface area contributed by atoms with Crippen LogP contribution in [-0.4, -0.2) is 30.5 Å². The normalized spacial score (nSPS) is 10.3. The molecule has 0 saturated carbocycles. The fraction of sp³-hybridized carbons (Fsp3) is 0.214. The van der Waals surface area contributed by atoms with Gasteiger partial charge in [-0.05, 0) is 35.0 Å². The third kappa shape index (κ3) is 2.80. The number of halogens is 1. The lowest BCUT2D eigenvalue weighted by Crippen LogP contribution is -2.34. The Bertz CT molecular complexity index is 673. The van der Waals surface area contributed by atoms with Crippen LogP contribution in [0.25, 0.3) is 10.8 Å². The first-order valence-corrected chi connectivity index (χ1v) is 6.82. The van der Waals surface area contributed by atoms with E-state index in [0.717, 1.165) is 15.2 Å². The van der Waals surface area contributed by atoms with Gasteiger partial charge in [-0.3, -0.25) is 9.78 Å². The molecule has 0 radical (unpaired) electrons. The van der Waals surface area contributed by atoms with Crippen molar-refractivity contribution in [3.63, 3.8) is 0 Å². The van der Waals surface area contributed by atoms with Crippen LogP contribution in [0.1, 0.15) is 6.92 Å². The summed E-state index contributed by atoms with van der Waals surface area (Å²) in [6.45, 7) is 1.83. The molecule has 0 aliphatic rings. The maximum absolute atomic E-state index is 11.9. The van der Waals surface area contributed by atoms with Gasteiger partial charge in [0.2, 0.25) is 0 Å². The third-order valence-corrected chi connectivity index (χ3v) is 3.47. The number of nitrogens with zero attached hydrogens (tertiary/aromatic N) is 2. The smallest absolute Gasteiger partial charge is 0.397 e. The van der Waals surface area contributed by atoms with E-state index in [1.54, 1.807) is 25.4 Å². The zero-order valence-electron chi connectivity index (χ0n) is 11.1. The summed E-state index contributed by atoms with van der Waals surface area (Å²) >= 11 is 3.41. The number of anilines is 1. The summed E-state index contributed by atoms with van der Waals surface area (Å²) < 4.78 is 5.54. The van der Waals surface area contributed by atoms with Crippen molar-refractivity contribution in [1.29, 1.82) is 0 Å². The molecule has 0 N–H and O–H groups in total. The van der Waals surface area contributed by atoms with Crippen LogP contribution in [0.3, 0.4) is 0 Å². The van der Waals surface area contributed by atoms with Crippen molar-refractivity contribution in [2.75, 3.05) is 18.6 Å². The zero-order chi connectivity index (χ0) is 14.7. The molecule has 1 aromatic heterocycles. The van der Waals surface area contributed by atoms with Gasteiger partial charge in [0.05, 0.1) is 6.61 Å². The molecule has 6 heteroatoms. The summed E-state index contributed by atoms with van der Waals surface area (Å²) in [6, 6.07) is 5.42. The van der Waals surface area contributed by atoms with Gasteiger partial charge in [0.25, 0.3) is 0 Å². The van der Waals surface area contributed by atoms with Gasteiger partial charge in [0.15, 0.2) is 0 Å². The SMILES string of the molecule is CCOC(=O)C(=O)N(C)c1ccc2cncc(Br)c2c1. The number of aromatic nitrogens is 1. The van der Waals surface area contributed by atoms with Crippen molar-refractivity contribution >= 4 is 44.3 Å². The fourth-order valence-corrected chi connectivity index (χ4v) is 2.23. The maximum Gasteiger partial charge on any atom is 0.397 e. The van der Waals surface area contributed by atoms with Crippen molar-refractivity contribution in [1.82, 2.24) is 4.98 Å². The molecule has 0 atom stereocenters. The molecule has 0 saturated heterocycles. The highest BCUT2D eigenvalue weighted by Gasteiger charge is 2.21. The molecule has 0 spiro atoms. The first-order chi connectivity index (χ1) is 9.54. The lowest BCUT2D eigenvalue weighted by molar-refractivity contribution is -0.153. The van der Waals surface area contributed by atoms with E-state index in [2.05, 4.69) is 20.9 Å². The lowest BCUT2D eigenvalue weighted by Gasteiger charge is -2.16. The molecule has 0 fully saturated rings. The van der Waals surface area contributed by atoms with E-state index in [9.17, 15) is 9.59 Å². The first-order valence-electron chi connectivity index (χ1n) is 6.02. The van der Waals surface area contributed by atoms with Gasteiger partial charge in [0.1, 0.15) is 0 Å². The second-order valence-electron chi connectivity index (χ2n) is 4.11. The maximum atomic E-state index is 11.9. The largest absolute Gasteiger partial charge is 0.459 e. The van der Waals surface area contributed by atoms with Crippen molar-refractivity contribution in [3.05, 3.63) is 35.1 Å².